The number of hydrogen-bond donors (Lipinski definition) is 4. The molecule has 0 heterocycles. The number of aliphatic hydroxyl groups is 2. The Morgan fingerprint density at radius 3 is 2.41 bits per heavy atom. The monoisotopic (exact) mass is 376 g/mol. The Balaban J connectivity index is 2.20. The predicted octanol–water partition coefficient (Wildman–Crippen LogP) is 0.817. The topological polar surface area (TPSA) is 116 Å². The van der Waals surface area contributed by atoms with Crippen molar-refractivity contribution >= 4 is 17.6 Å². The van der Waals surface area contributed by atoms with E-state index < -0.39 is 17.4 Å². The van der Waals surface area contributed by atoms with Crippen molar-refractivity contribution in [2.75, 3.05) is 19.7 Å². The minimum atomic E-state index is -1.35. The van der Waals surface area contributed by atoms with Gasteiger partial charge in [0.15, 0.2) is 5.78 Å². The van der Waals surface area contributed by atoms with Crippen LogP contribution in [-0.4, -0.2) is 53.6 Å². The van der Waals surface area contributed by atoms with E-state index in [4.69, 9.17) is 5.11 Å². The lowest BCUT2D eigenvalue weighted by molar-refractivity contribution is -0.137. The highest BCUT2D eigenvalue weighted by Crippen LogP contribution is 2.19. The van der Waals surface area contributed by atoms with Crippen molar-refractivity contribution in [3.63, 3.8) is 0 Å². The van der Waals surface area contributed by atoms with Gasteiger partial charge in [0.05, 0.1) is 6.61 Å². The summed E-state index contributed by atoms with van der Waals surface area (Å²) in [6.45, 7) is 3.28. The summed E-state index contributed by atoms with van der Waals surface area (Å²) in [4.78, 5) is 35.3. The van der Waals surface area contributed by atoms with Crippen LogP contribution in [0.2, 0.25) is 0 Å². The molecule has 1 rings (SSSR count). The van der Waals surface area contributed by atoms with Crippen LogP contribution in [0.5, 0.6) is 0 Å². The molecule has 0 radical (unpaired) electrons. The van der Waals surface area contributed by atoms with Crippen molar-refractivity contribution in [3.8, 4) is 0 Å². The maximum absolute atomic E-state index is 11.8. The van der Waals surface area contributed by atoms with Crippen molar-refractivity contribution in [1.29, 1.82) is 0 Å². The standard InChI is InChI=1S/C20H28N2O5/c1-20(2,14-23)18(26)19(27)22-13-11-17(25)21-12-7-6-10-16(24)15-8-4-3-5-9-15/h3-6,8-10,18,23,26H,7,11-14H2,1-2H3,(H,21,25)(H,22,27)/b10-6+/t18-/m0/s1. The van der Waals surface area contributed by atoms with Crippen molar-refractivity contribution in [1.82, 2.24) is 10.6 Å². The fraction of sp³-hybridized carbons (Fsp3) is 0.450. The Kier molecular flexibility index (Phi) is 9.39. The maximum Gasteiger partial charge on any atom is 0.249 e. The van der Waals surface area contributed by atoms with E-state index in [1.54, 1.807) is 44.2 Å². The zero-order valence-electron chi connectivity index (χ0n) is 15.8. The molecule has 7 heteroatoms. The molecule has 0 aliphatic rings. The second-order valence-corrected chi connectivity index (χ2v) is 6.86. The number of hydrogen-bond acceptors (Lipinski definition) is 5. The normalized spacial score (nSPS) is 12.6. The first-order chi connectivity index (χ1) is 12.8. The zero-order chi connectivity index (χ0) is 20.3. The molecule has 0 saturated heterocycles. The number of amides is 2. The van der Waals surface area contributed by atoms with Gasteiger partial charge in [0.2, 0.25) is 11.8 Å². The highest BCUT2D eigenvalue weighted by atomic mass is 16.3. The molecule has 4 N–H and O–H groups in total. The fourth-order valence-corrected chi connectivity index (χ4v) is 2.11. The molecule has 148 valence electrons. The Hall–Kier alpha value is -2.51. The van der Waals surface area contributed by atoms with Gasteiger partial charge in [-0.15, -0.1) is 0 Å². The third-order valence-electron chi connectivity index (χ3n) is 4.01. The van der Waals surface area contributed by atoms with E-state index in [0.717, 1.165) is 0 Å². The first kappa shape index (κ1) is 22.5. The van der Waals surface area contributed by atoms with Crippen molar-refractivity contribution < 1.29 is 24.6 Å². The van der Waals surface area contributed by atoms with E-state index in [0.29, 0.717) is 18.5 Å². The largest absolute Gasteiger partial charge is 0.396 e. The summed E-state index contributed by atoms with van der Waals surface area (Å²) >= 11 is 0. The quantitative estimate of drug-likeness (QED) is 0.259. The summed E-state index contributed by atoms with van der Waals surface area (Å²) in [6, 6.07) is 8.91. The lowest BCUT2D eigenvalue weighted by Gasteiger charge is -2.27. The predicted molar refractivity (Wildman–Crippen MR) is 102 cm³/mol. The molecule has 1 aromatic rings. The number of rotatable bonds is 11. The van der Waals surface area contributed by atoms with Crippen molar-refractivity contribution in [2.45, 2.75) is 32.8 Å². The molecule has 27 heavy (non-hydrogen) atoms. The second-order valence-electron chi connectivity index (χ2n) is 6.86. The molecule has 1 atom stereocenters. The van der Waals surface area contributed by atoms with Crippen molar-refractivity contribution in [2.24, 2.45) is 5.41 Å². The molecular formula is C20H28N2O5. The average molecular weight is 376 g/mol. The minimum Gasteiger partial charge on any atom is -0.396 e. The number of carbonyl (C=O) groups is 3. The Morgan fingerprint density at radius 1 is 1.11 bits per heavy atom. The summed E-state index contributed by atoms with van der Waals surface area (Å²) in [5.74, 6) is -0.952. The first-order valence-electron chi connectivity index (χ1n) is 8.87. The molecule has 2 amide bonds. The van der Waals surface area contributed by atoms with E-state index in [2.05, 4.69) is 10.6 Å². The van der Waals surface area contributed by atoms with Gasteiger partial charge >= 0.3 is 0 Å². The second kappa shape index (κ2) is 11.3. The number of nitrogens with one attached hydrogen (secondary N) is 2. The highest BCUT2D eigenvalue weighted by Gasteiger charge is 2.32. The minimum absolute atomic E-state index is 0.0741. The van der Waals surface area contributed by atoms with E-state index in [-0.39, 0.29) is 31.3 Å². The smallest absolute Gasteiger partial charge is 0.249 e. The molecule has 0 unspecified atom stereocenters. The molecule has 0 bridgehead atoms. The van der Waals surface area contributed by atoms with Crippen LogP contribution in [0.15, 0.2) is 42.5 Å². The van der Waals surface area contributed by atoms with Gasteiger partial charge in [-0.3, -0.25) is 14.4 Å². The first-order valence-corrected chi connectivity index (χ1v) is 8.87. The lowest BCUT2D eigenvalue weighted by atomic mass is 9.87. The van der Waals surface area contributed by atoms with Gasteiger partial charge in [0.1, 0.15) is 6.10 Å². The fourth-order valence-electron chi connectivity index (χ4n) is 2.11. The van der Waals surface area contributed by atoms with Gasteiger partial charge in [-0.05, 0) is 12.5 Å². The van der Waals surface area contributed by atoms with Crippen LogP contribution in [-0.2, 0) is 9.59 Å². The number of aliphatic hydroxyl groups excluding tert-OH is 2. The summed E-state index contributed by atoms with van der Waals surface area (Å²) in [6.07, 6.45) is 2.42. The summed E-state index contributed by atoms with van der Waals surface area (Å²) in [5, 5.41) is 24.1. The average Bonchev–Trinajstić information content (AvgIpc) is 2.67. The van der Waals surface area contributed by atoms with Crippen LogP contribution in [0.1, 0.15) is 37.0 Å². The molecule has 0 spiro atoms. The summed E-state index contributed by atoms with van der Waals surface area (Å²) in [5.41, 5.74) is -0.337. The number of carbonyl (C=O) groups excluding carboxylic acids is 3. The SMILES string of the molecule is CC(C)(CO)[C@@H](O)C(=O)NCCC(=O)NCC/C=C/C(=O)c1ccccc1. The Morgan fingerprint density at radius 2 is 1.78 bits per heavy atom. The molecule has 0 saturated carbocycles. The molecule has 1 aromatic carbocycles. The maximum atomic E-state index is 11.8. The lowest BCUT2D eigenvalue weighted by Crippen LogP contribution is -2.46. The summed E-state index contributed by atoms with van der Waals surface area (Å²) in [7, 11) is 0. The van der Waals surface area contributed by atoms with Gasteiger partial charge in [-0.25, -0.2) is 0 Å². The van der Waals surface area contributed by atoms with Gasteiger partial charge in [-0.2, -0.15) is 0 Å². The van der Waals surface area contributed by atoms with Gasteiger partial charge in [-0.1, -0.05) is 50.3 Å². The zero-order valence-corrected chi connectivity index (χ0v) is 15.8. The van der Waals surface area contributed by atoms with Crippen LogP contribution < -0.4 is 10.6 Å². The van der Waals surface area contributed by atoms with Crippen LogP contribution in [0.3, 0.4) is 0 Å². The number of ketones is 1. The summed E-state index contributed by atoms with van der Waals surface area (Å²) < 4.78 is 0. The Labute approximate surface area is 159 Å². The molecule has 7 nitrogen and oxygen atoms in total. The van der Waals surface area contributed by atoms with Gasteiger partial charge in [0, 0.05) is 30.5 Å². The van der Waals surface area contributed by atoms with E-state index in [1.165, 1.54) is 6.08 Å². The van der Waals surface area contributed by atoms with E-state index in [1.807, 2.05) is 6.07 Å². The molecular weight excluding hydrogens is 348 g/mol. The molecule has 0 aliphatic carbocycles. The van der Waals surface area contributed by atoms with Crippen LogP contribution in [0.25, 0.3) is 0 Å². The molecule has 0 aromatic heterocycles. The third kappa shape index (κ3) is 8.15. The number of allylic oxidation sites excluding steroid dienone is 1. The van der Waals surface area contributed by atoms with E-state index >= 15 is 0 Å². The van der Waals surface area contributed by atoms with E-state index in [9.17, 15) is 19.5 Å². The van der Waals surface area contributed by atoms with Crippen LogP contribution in [0, 0.1) is 5.41 Å². The van der Waals surface area contributed by atoms with Crippen molar-refractivity contribution in [3.05, 3.63) is 48.0 Å². The molecule has 0 aliphatic heterocycles. The van der Waals surface area contributed by atoms with Gasteiger partial charge < -0.3 is 20.8 Å². The highest BCUT2D eigenvalue weighted by molar-refractivity contribution is 6.04. The third-order valence-corrected chi connectivity index (χ3v) is 4.01. The van der Waals surface area contributed by atoms with Crippen LogP contribution in [0.4, 0.5) is 0 Å². The van der Waals surface area contributed by atoms with Gasteiger partial charge in [0.25, 0.3) is 0 Å². The van der Waals surface area contributed by atoms with Crippen LogP contribution >= 0.6 is 0 Å². The Bertz CT molecular complexity index is 656. The number of benzene rings is 1. The molecule has 0 fully saturated rings.